The highest BCUT2D eigenvalue weighted by atomic mass is 15.3. The largest absolute Gasteiger partial charge is 0.296 e. The molecule has 2 heterocycles. The van der Waals surface area contributed by atoms with Gasteiger partial charge < -0.3 is 0 Å². The van der Waals surface area contributed by atoms with Gasteiger partial charge in [0, 0.05) is 24.2 Å². The molecular weight excluding hydrogens is 304 g/mol. The fourth-order valence-electron chi connectivity index (χ4n) is 4.94. The average molecular weight is 351 g/mol. The monoisotopic (exact) mass is 350 g/mol. The van der Waals surface area contributed by atoms with Gasteiger partial charge >= 0.3 is 0 Å². The second-order valence-electron chi connectivity index (χ2n) is 12.1. The SMILES string of the molecule is CC(C)(C)C1CCCN(C(C)(C)C(C)(C)N2CCC(C(C)(C)C)C2)C1. The van der Waals surface area contributed by atoms with E-state index in [4.69, 9.17) is 0 Å². The highest BCUT2D eigenvalue weighted by Gasteiger charge is 2.49. The zero-order valence-electron chi connectivity index (χ0n) is 19.0. The van der Waals surface area contributed by atoms with E-state index >= 15 is 0 Å². The van der Waals surface area contributed by atoms with E-state index in [2.05, 4.69) is 79.0 Å². The summed E-state index contributed by atoms with van der Waals surface area (Å²) in [5.41, 5.74) is 1.25. The third-order valence-electron chi connectivity index (χ3n) is 8.14. The van der Waals surface area contributed by atoms with E-state index in [-0.39, 0.29) is 11.1 Å². The summed E-state index contributed by atoms with van der Waals surface area (Å²) in [7, 11) is 0. The molecule has 0 bridgehead atoms. The lowest BCUT2D eigenvalue weighted by molar-refractivity contribution is -0.0584. The molecule has 0 aromatic rings. The third kappa shape index (κ3) is 4.26. The Bertz CT molecular complexity index is 450. The van der Waals surface area contributed by atoms with Crippen molar-refractivity contribution >= 4 is 0 Å². The van der Waals surface area contributed by atoms with Crippen molar-refractivity contribution in [3.8, 4) is 0 Å². The molecule has 2 nitrogen and oxygen atoms in total. The molecule has 2 unspecified atom stereocenters. The van der Waals surface area contributed by atoms with Gasteiger partial charge in [0.2, 0.25) is 0 Å². The molecule has 2 rings (SSSR count). The first-order valence-electron chi connectivity index (χ1n) is 10.7. The summed E-state index contributed by atoms with van der Waals surface area (Å²) < 4.78 is 0. The van der Waals surface area contributed by atoms with Crippen LogP contribution < -0.4 is 0 Å². The maximum absolute atomic E-state index is 2.82. The summed E-state index contributed by atoms with van der Waals surface area (Å²) in [6, 6.07) is 0. The van der Waals surface area contributed by atoms with Crippen LogP contribution in [0, 0.1) is 22.7 Å². The zero-order chi connectivity index (χ0) is 19.3. The minimum Gasteiger partial charge on any atom is -0.296 e. The number of likely N-dealkylation sites (tertiary alicyclic amines) is 2. The Hall–Kier alpha value is -0.0800. The third-order valence-corrected chi connectivity index (χ3v) is 8.14. The molecular formula is C23H46N2. The van der Waals surface area contributed by atoms with Gasteiger partial charge in [-0.25, -0.2) is 0 Å². The quantitative estimate of drug-likeness (QED) is 0.647. The Kier molecular flexibility index (Phi) is 5.79. The number of piperidine rings is 1. The highest BCUT2D eigenvalue weighted by molar-refractivity contribution is 5.06. The maximum atomic E-state index is 2.82. The van der Waals surface area contributed by atoms with Gasteiger partial charge in [-0.15, -0.1) is 0 Å². The topological polar surface area (TPSA) is 6.48 Å². The standard InChI is InChI=1S/C23H46N2/c1-20(2,3)18-12-11-14-24(16-18)22(7,8)23(9,10)25-15-13-19(17-25)21(4,5)6/h18-19H,11-17H2,1-10H3. The zero-order valence-corrected chi connectivity index (χ0v) is 19.0. The molecule has 148 valence electrons. The number of hydrogen-bond acceptors (Lipinski definition) is 2. The highest BCUT2D eigenvalue weighted by Crippen LogP contribution is 2.43. The molecule has 0 N–H and O–H groups in total. The van der Waals surface area contributed by atoms with Crippen molar-refractivity contribution in [2.45, 2.75) is 99.6 Å². The van der Waals surface area contributed by atoms with Crippen LogP contribution in [0.2, 0.25) is 0 Å². The van der Waals surface area contributed by atoms with Crippen molar-refractivity contribution in [2.24, 2.45) is 22.7 Å². The number of rotatable bonds is 3. The first-order chi connectivity index (χ1) is 11.2. The van der Waals surface area contributed by atoms with Gasteiger partial charge in [0.1, 0.15) is 0 Å². The lowest BCUT2D eigenvalue weighted by atomic mass is 9.72. The second kappa shape index (κ2) is 6.82. The summed E-state index contributed by atoms with van der Waals surface area (Å²) >= 11 is 0. The van der Waals surface area contributed by atoms with Gasteiger partial charge in [0.15, 0.2) is 0 Å². The fourth-order valence-corrected chi connectivity index (χ4v) is 4.94. The summed E-state index contributed by atoms with van der Waals surface area (Å²) in [4.78, 5) is 5.61. The molecule has 2 aliphatic rings. The fraction of sp³-hybridized carbons (Fsp3) is 1.00. The van der Waals surface area contributed by atoms with E-state index in [1.807, 2.05) is 0 Å². The van der Waals surface area contributed by atoms with Gasteiger partial charge in [-0.2, -0.15) is 0 Å². The summed E-state index contributed by atoms with van der Waals surface area (Å²) in [6.07, 6.45) is 4.10. The van der Waals surface area contributed by atoms with Gasteiger partial charge in [-0.05, 0) is 82.7 Å². The molecule has 0 aromatic heterocycles. The van der Waals surface area contributed by atoms with Crippen molar-refractivity contribution in [2.75, 3.05) is 26.2 Å². The van der Waals surface area contributed by atoms with Gasteiger partial charge in [0.25, 0.3) is 0 Å². The molecule has 0 aliphatic carbocycles. The van der Waals surface area contributed by atoms with Crippen LogP contribution in [0.3, 0.4) is 0 Å². The van der Waals surface area contributed by atoms with E-state index in [1.165, 1.54) is 45.4 Å². The van der Waals surface area contributed by atoms with Crippen LogP contribution >= 0.6 is 0 Å². The predicted octanol–water partition coefficient (Wildman–Crippen LogP) is 5.67. The summed E-state index contributed by atoms with van der Waals surface area (Å²) in [6.45, 7) is 29.6. The van der Waals surface area contributed by atoms with Crippen molar-refractivity contribution < 1.29 is 0 Å². The Balaban J connectivity index is 2.14. The Labute approximate surface area is 158 Å². The van der Waals surface area contributed by atoms with Crippen molar-refractivity contribution in [1.29, 1.82) is 0 Å². The minimum atomic E-state index is 0.198. The van der Waals surface area contributed by atoms with E-state index in [1.54, 1.807) is 0 Å². The van der Waals surface area contributed by atoms with Crippen LogP contribution in [0.5, 0.6) is 0 Å². The second-order valence-corrected chi connectivity index (χ2v) is 12.1. The summed E-state index contributed by atoms with van der Waals surface area (Å²) in [5, 5.41) is 0. The van der Waals surface area contributed by atoms with E-state index in [0.29, 0.717) is 10.8 Å². The van der Waals surface area contributed by atoms with Crippen LogP contribution in [0.4, 0.5) is 0 Å². The van der Waals surface area contributed by atoms with Crippen molar-refractivity contribution in [3.63, 3.8) is 0 Å². The van der Waals surface area contributed by atoms with Crippen molar-refractivity contribution in [1.82, 2.24) is 9.80 Å². The average Bonchev–Trinajstić information content (AvgIpc) is 2.97. The maximum Gasteiger partial charge on any atom is 0.0331 e. The molecule has 2 aliphatic heterocycles. The molecule has 0 radical (unpaired) electrons. The summed E-state index contributed by atoms with van der Waals surface area (Å²) in [5.74, 6) is 1.64. The first kappa shape index (κ1) is 21.2. The van der Waals surface area contributed by atoms with Crippen molar-refractivity contribution in [3.05, 3.63) is 0 Å². The Morgan fingerprint density at radius 3 is 1.36 bits per heavy atom. The van der Waals surface area contributed by atoms with Gasteiger partial charge in [0.05, 0.1) is 0 Å². The lowest BCUT2D eigenvalue weighted by Gasteiger charge is -2.56. The van der Waals surface area contributed by atoms with E-state index in [9.17, 15) is 0 Å². The number of hydrogen-bond donors (Lipinski definition) is 0. The molecule has 0 amide bonds. The molecule has 2 heteroatoms. The molecule has 0 aromatic carbocycles. The molecule has 0 spiro atoms. The molecule has 2 saturated heterocycles. The molecule has 2 atom stereocenters. The van der Waals surface area contributed by atoms with Crippen LogP contribution in [-0.2, 0) is 0 Å². The predicted molar refractivity (Wildman–Crippen MR) is 111 cm³/mol. The van der Waals surface area contributed by atoms with Gasteiger partial charge in [-0.1, -0.05) is 41.5 Å². The first-order valence-corrected chi connectivity index (χ1v) is 10.7. The lowest BCUT2D eigenvalue weighted by Crippen LogP contribution is -2.66. The molecule has 0 saturated carbocycles. The molecule has 25 heavy (non-hydrogen) atoms. The Morgan fingerprint density at radius 2 is 0.960 bits per heavy atom. The van der Waals surface area contributed by atoms with Crippen LogP contribution in [0.1, 0.15) is 88.5 Å². The normalized spacial score (nSPS) is 28.6. The van der Waals surface area contributed by atoms with E-state index < -0.39 is 0 Å². The van der Waals surface area contributed by atoms with Crippen LogP contribution in [0.25, 0.3) is 0 Å². The van der Waals surface area contributed by atoms with Gasteiger partial charge in [-0.3, -0.25) is 9.80 Å². The molecule has 2 fully saturated rings. The van der Waals surface area contributed by atoms with Crippen LogP contribution in [0.15, 0.2) is 0 Å². The smallest absolute Gasteiger partial charge is 0.0331 e. The van der Waals surface area contributed by atoms with E-state index in [0.717, 1.165) is 11.8 Å². The Morgan fingerprint density at radius 1 is 0.560 bits per heavy atom. The van der Waals surface area contributed by atoms with Crippen LogP contribution in [-0.4, -0.2) is 47.1 Å². The minimum absolute atomic E-state index is 0.198. The number of nitrogens with zero attached hydrogens (tertiary/aromatic N) is 2.